The largest absolute Gasteiger partial charge is 0.507 e. The summed E-state index contributed by atoms with van der Waals surface area (Å²) in [6.07, 6.45) is 0. The van der Waals surface area contributed by atoms with Gasteiger partial charge in [0.1, 0.15) is 11.5 Å². The Morgan fingerprint density at radius 3 is 2.27 bits per heavy atom. The Morgan fingerprint density at radius 1 is 1.00 bits per heavy atom. The van der Waals surface area contributed by atoms with Gasteiger partial charge in [-0.1, -0.05) is 11.6 Å². The standard InChI is InChI=1S/C16H16N2O4/c1-10-3-8-14(19)13(9-10)16(21)18-17-15(20)11-4-6-12(22-2)7-5-11/h3-9,19H,1-2H3,(H,17,20)(H,18,21). The van der Waals surface area contributed by atoms with Gasteiger partial charge in [0, 0.05) is 5.56 Å². The summed E-state index contributed by atoms with van der Waals surface area (Å²) >= 11 is 0. The minimum atomic E-state index is -0.594. The molecular formula is C16H16N2O4. The molecule has 6 heteroatoms. The zero-order valence-electron chi connectivity index (χ0n) is 12.2. The van der Waals surface area contributed by atoms with E-state index in [9.17, 15) is 14.7 Å². The number of phenols is 1. The number of aromatic hydroxyl groups is 1. The van der Waals surface area contributed by atoms with Crippen LogP contribution in [0.4, 0.5) is 0 Å². The highest BCUT2D eigenvalue weighted by Crippen LogP contribution is 2.17. The van der Waals surface area contributed by atoms with Crippen molar-refractivity contribution in [3.63, 3.8) is 0 Å². The normalized spacial score (nSPS) is 9.91. The zero-order chi connectivity index (χ0) is 16.1. The van der Waals surface area contributed by atoms with E-state index in [-0.39, 0.29) is 11.3 Å². The fraction of sp³-hybridized carbons (Fsp3) is 0.125. The lowest BCUT2D eigenvalue weighted by molar-refractivity contribution is 0.0845. The molecule has 0 aliphatic carbocycles. The molecule has 0 radical (unpaired) electrons. The van der Waals surface area contributed by atoms with E-state index in [1.807, 2.05) is 0 Å². The van der Waals surface area contributed by atoms with Crippen LogP contribution in [0.5, 0.6) is 11.5 Å². The van der Waals surface area contributed by atoms with Gasteiger partial charge in [0.25, 0.3) is 11.8 Å². The Bertz CT molecular complexity index is 696. The Balaban J connectivity index is 2.00. The highest BCUT2D eigenvalue weighted by Gasteiger charge is 2.13. The number of phenolic OH excluding ortho intramolecular Hbond substituents is 1. The highest BCUT2D eigenvalue weighted by atomic mass is 16.5. The number of hydrogen-bond acceptors (Lipinski definition) is 4. The van der Waals surface area contributed by atoms with Crippen molar-refractivity contribution < 1.29 is 19.4 Å². The molecule has 2 amide bonds. The number of carbonyl (C=O) groups excluding carboxylic acids is 2. The van der Waals surface area contributed by atoms with Crippen LogP contribution in [-0.2, 0) is 0 Å². The molecule has 0 aromatic heterocycles. The van der Waals surface area contributed by atoms with Gasteiger partial charge in [0.05, 0.1) is 12.7 Å². The minimum absolute atomic E-state index is 0.0926. The summed E-state index contributed by atoms with van der Waals surface area (Å²) in [7, 11) is 1.53. The van der Waals surface area contributed by atoms with Crippen molar-refractivity contribution in [1.29, 1.82) is 0 Å². The number of amides is 2. The molecule has 2 aromatic carbocycles. The summed E-state index contributed by atoms with van der Waals surface area (Å²) in [5.74, 6) is -0.585. The molecule has 0 heterocycles. The maximum absolute atomic E-state index is 11.9. The first-order valence-electron chi connectivity index (χ1n) is 6.55. The number of benzene rings is 2. The summed E-state index contributed by atoms with van der Waals surface area (Å²) < 4.78 is 5.00. The maximum Gasteiger partial charge on any atom is 0.273 e. The molecule has 0 saturated carbocycles. The van der Waals surface area contributed by atoms with Crippen LogP contribution in [0, 0.1) is 6.92 Å². The third-order valence-corrected chi connectivity index (χ3v) is 3.04. The predicted molar refractivity (Wildman–Crippen MR) is 80.8 cm³/mol. The van der Waals surface area contributed by atoms with E-state index in [2.05, 4.69) is 10.9 Å². The summed E-state index contributed by atoms with van der Waals surface area (Å²) in [6.45, 7) is 1.80. The zero-order valence-corrected chi connectivity index (χ0v) is 12.2. The lowest BCUT2D eigenvalue weighted by Crippen LogP contribution is -2.41. The fourth-order valence-corrected chi connectivity index (χ4v) is 1.83. The van der Waals surface area contributed by atoms with Gasteiger partial charge < -0.3 is 9.84 Å². The van der Waals surface area contributed by atoms with Gasteiger partial charge in [0.15, 0.2) is 0 Å². The first-order chi connectivity index (χ1) is 10.5. The Hall–Kier alpha value is -3.02. The lowest BCUT2D eigenvalue weighted by atomic mass is 10.1. The molecule has 0 aliphatic rings. The second kappa shape index (κ2) is 6.62. The molecule has 22 heavy (non-hydrogen) atoms. The van der Waals surface area contributed by atoms with Gasteiger partial charge in [-0.05, 0) is 43.3 Å². The molecular weight excluding hydrogens is 284 g/mol. The van der Waals surface area contributed by atoms with Crippen molar-refractivity contribution in [3.8, 4) is 11.5 Å². The van der Waals surface area contributed by atoms with Gasteiger partial charge in [-0.2, -0.15) is 0 Å². The highest BCUT2D eigenvalue weighted by molar-refractivity contribution is 6.00. The van der Waals surface area contributed by atoms with E-state index in [4.69, 9.17) is 4.74 Å². The number of nitrogens with one attached hydrogen (secondary N) is 2. The van der Waals surface area contributed by atoms with Gasteiger partial charge in [-0.25, -0.2) is 0 Å². The second-order valence-corrected chi connectivity index (χ2v) is 4.66. The van der Waals surface area contributed by atoms with Gasteiger partial charge in [0.2, 0.25) is 0 Å². The number of rotatable bonds is 3. The Morgan fingerprint density at radius 2 is 1.64 bits per heavy atom. The van der Waals surface area contributed by atoms with Crippen LogP contribution >= 0.6 is 0 Å². The minimum Gasteiger partial charge on any atom is -0.507 e. The molecule has 6 nitrogen and oxygen atoms in total. The van der Waals surface area contributed by atoms with Gasteiger partial charge in [-0.3, -0.25) is 20.4 Å². The molecule has 114 valence electrons. The van der Waals surface area contributed by atoms with Crippen LogP contribution in [0.15, 0.2) is 42.5 Å². The molecule has 0 aliphatic heterocycles. The van der Waals surface area contributed by atoms with Gasteiger partial charge in [-0.15, -0.1) is 0 Å². The Labute approximate surface area is 127 Å². The number of aryl methyl sites for hydroxylation is 1. The number of ether oxygens (including phenoxy) is 1. The number of methoxy groups -OCH3 is 1. The number of hydrogen-bond donors (Lipinski definition) is 3. The molecule has 0 atom stereocenters. The molecule has 3 N–H and O–H groups in total. The van der Waals surface area contributed by atoms with Crippen LogP contribution < -0.4 is 15.6 Å². The van der Waals surface area contributed by atoms with E-state index in [0.717, 1.165) is 5.56 Å². The smallest absolute Gasteiger partial charge is 0.273 e. The van der Waals surface area contributed by atoms with Crippen LogP contribution in [-0.4, -0.2) is 24.0 Å². The van der Waals surface area contributed by atoms with Crippen molar-refractivity contribution >= 4 is 11.8 Å². The summed E-state index contributed by atoms with van der Waals surface area (Å²) in [5, 5.41) is 9.66. The number of carbonyl (C=O) groups is 2. The molecule has 0 fully saturated rings. The van der Waals surface area contributed by atoms with E-state index in [0.29, 0.717) is 11.3 Å². The SMILES string of the molecule is COc1ccc(C(=O)NNC(=O)c2cc(C)ccc2O)cc1. The molecule has 2 aromatic rings. The summed E-state index contributed by atoms with van der Waals surface area (Å²) in [6, 6.07) is 11.1. The second-order valence-electron chi connectivity index (χ2n) is 4.66. The molecule has 0 unspecified atom stereocenters. The molecule has 0 saturated heterocycles. The van der Waals surface area contributed by atoms with Crippen molar-refractivity contribution in [2.45, 2.75) is 6.92 Å². The quantitative estimate of drug-likeness (QED) is 0.754. The van der Waals surface area contributed by atoms with Crippen molar-refractivity contribution in [2.75, 3.05) is 7.11 Å². The van der Waals surface area contributed by atoms with Crippen LogP contribution in [0.2, 0.25) is 0 Å². The Kier molecular flexibility index (Phi) is 4.63. The lowest BCUT2D eigenvalue weighted by Gasteiger charge is -2.09. The summed E-state index contributed by atoms with van der Waals surface area (Å²) in [4.78, 5) is 23.9. The van der Waals surface area contributed by atoms with Crippen LogP contribution in [0.25, 0.3) is 0 Å². The van der Waals surface area contributed by atoms with Gasteiger partial charge >= 0.3 is 0 Å². The third-order valence-electron chi connectivity index (χ3n) is 3.04. The molecule has 0 spiro atoms. The first kappa shape index (κ1) is 15.4. The molecule has 0 bridgehead atoms. The average Bonchev–Trinajstić information content (AvgIpc) is 2.54. The van der Waals surface area contributed by atoms with Crippen LogP contribution in [0.3, 0.4) is 0 Å². The van der Waals surface area contributed by atoms with Crippen LogP contribution in [0.1, 0.15) is 26.3 Å². The van der Waals surface area contributed by atoms with Crippen molar-refractivity contribution in [1.82, 2.24) is 10.9 Å². The van der Waals surface area contributed by atoms with E-state index < -0.39 is 11.8 Å². The fourth-order valence-electron chi connectivity index (χ4n) is 1.83. The van der Waals surface area contributed by atoms with E-state index >= 15 is 0 Å². The summed E-state index contributed by atoms with van der Waals surface area (Å²) in [5.41, 5.74) is 5.84. The topological polar surface area (TPSA) is 87.7 Å². The van der Waals surface area contributed by atoms with E-state index in [1.54, 1.807) is 37.3 Å². The monoisotopic (exact) mass is 300 g/mol. The maximum atomic E-state index is 11.9. The van der Waals surface area contributed by atoms with Crippen molar-refractivity contribution in [2.24, 2.45) is 0 Å². The first-order valence-corrected chi connectivity index (χ1v) is 6.55. The number of hydrazine groups is 1. The molecule has 2 rings (SSSR count). The van der Waals surface area contributed by atoms with Crippen molar-refractivity contribution in [3.05, 3.63) is 59.2 Å². The van der Waals surface area contributed by atoms with E-state index in [1.165, 1.54) is 19.2 Å². The predicted octanol–water partition coefficient (Wildman–Crippen LogP) is 1.78. The third kappa shape index (κ3) is 3.54. The average molecular weight is 300 g/mol.